The van der Waals surface area contributed by atoms with E-state index in [9.17, 15) is 4.79 Å². The molecule has 2 rings (SSSR count). The molecule has 1 atom stereocenters. The second-order valence-electron chi connectivity index (χ2n) is 5.10. The van der Waals surface area contributed by atoms with Crippen LogP contribution in [0.1, 0.15) is 31.7 Å². The van der Waals surface area contributed by atoms with Gasteiger partial charge < -0.3 is 9.47 Å². The first-order valence-corrected chi connectivity index (χ1v) is 7.39. The molecular weight excluding hydrogens is 278 g/mol. The van der Waals surface area contributed by atoms with Crippen molar-refractivity contribution in [3.05, 3.63) is 48.3 Å². The molecule has 1 aromatic heterocycles. The number of hydrogen-bond donors (Lipinski definition) is 0. The zero-order chi connectivity index (χ0) is 15.9. The lowest BCUT2D eigenvalue weighted by molar-refractivity contribution is -0.143. The van der Waals surface area contributed by atoms with Gasteiger partial charge in [-0.3, -0.25) is 9.78 Å². The molecule has 1 aromatic carbocycles. The second-order valence-corrected chi connectivity index (χ2v) is 5.10. The summed E-state index contributed by atoms with van der Waals surface area (Å²) in [6, 6.07) is 9.84. The lowest BCUT2D eigenvalue weighted by atomic mass is 9.91. The number of rotatable bonds is 6. The third kappa shape index (κ3) is 3.85. The highest BCUT2D eigenvalue weighted by atomic mass is 16.5. The van der Waals surface area contributed by atoms with Crippen molar-refractivity contribution in [2.45, 2.75) is 26.2 Å². The van der Waals surface area contributed by atoms with Gasteiger partial charge in [0.15, 0.2) is 0 Å². The molecule has 1 heterocycles. The molecule has 4 heteroatoms. The minimum atomic E-state index is -0.181. The van der Waals surface area contributed by atoms with Gasteiger partial charge in [0.1, 0.15) is 5.75 Å². The van der Waals surface area contributed by atoms with E-state index in [4.69, 9.17) is 9.47 Å². The topological polar surface area (TPSA) is 48.4 Å². The first-order chi connectivity index (χ1) is 10.7. The predicted molar refractivity (Wildman–Crippen MR) is 85.9 cm³/mol. The Kier molecular flexibility index (Phi) is 5.53. The minimum absolute atomic E-state index is 0.0462. The highest BCUT2D eigenvalue weighted by Gasteiger charge is 2.16. The van der Waals surface area contributed by atoms with Gasteiger partial charge in [-0.1, -0.05) is 19.1 Å². The molecule has 0 N–H and O–H groups in total. The average Bonchev–Trinajstić information content (AvgIpc) is 2.55. The largest absolute Gasteiger partial charge is 0.497 e. The second kappa shape index (κ2) is 7.59. The quantitative estimate of drug-likeness (QED) is 0.761. The fourth-order valence-electron chi connectivity index (χ4n) is 2.41. The van der Waals surface area contributed by atoms with Gasteiger partial charge >= 0.3 is 5.97 Å². The molecule has 0 radical (unpaired) electrons. The van der Waals surface area contributed by atoms with Gasteiger partial charge in [-0.05, 0) is 47.7 Å². The minimum Gasteiger partial charge on any atom is -0.497 e. The van der Waals surface area contributed by atoms with Crippen LogP contribution in [0.3, 0.4) is 0 Å². The molecule has 4 nitrogen and oxygen atoms in total. The molecule has 1 unspecified atom stereocenters. The Hall–Kier alpha value is -2.36. The zero-order valence-electron chi connectivity index (χ0n) is 13.2. The molecule has 2 aromatic rings. The van der Waals surface area contributed by atoms with Gasteiger partial charge in [-0.25, -0.2) is 0 Å². The third-order valence-corrected chi connectivity index (χ3v) is 3.56. The van der Waals surface area contributed by atoms with E-state index >= 15 is 0 Å². The number of carbonyl (C=O) groups is 1. The number of benzene rings is 1. The van der Waals surface area contributed by atoms with E-state index in [1.165, 1.54) is 0 Å². The van der Waals surface area contributed by atoms with Crippen molar-refractivity contribution in [1.29, 1.82) is 0 Å². The maximum Gasteiger partial charge on any atom is 0.306 e. The zero-order valence-corrected chi connectivity index (χ0v) is 13.2. The number of esters is 1. The van der Waals surface area contributed by atoms with Crippen LogP contribution in [-0.2, 0) is 9.53 Å². The van der Waals surface area contributed by atoms with Crippen LogP contribution >= 0.6 is 0 Å². The van der Waals surface area contributed by atoms with Gasteiger partial charge in [-0.2, -0.15) is 0 Å². The summed E-state index contributed by atoms with van der Waals surface area (Å²) in [6.07, 6.45) is 3.94. The van der Waals surface area contributed by atoms with Crippen LogP contribution < -0.4 is 4.74 Å². The molecular formula is C18H21NO3. The Morgan fingerprint density at radius 1 is 1.23 bits per heavy atom. The molecule has 0 aliphatic heterocycles. The smallest absolute Gasteiger partial charge is 0.306 e. The summed E-state index contributed by atoms with van der Waals surface area (Å²) >= 11 is 0. The van der Waals surface area contributed by atoms with Gasteiger partial charge in [0.2, 0.25) is 0 Å². The Balaban J connectivity index is 2.27. The van der Waals surface area contributed by atoms with Crippen LogP contribution in [0.5, 0.6) is 5.75 Å². The van der Waals surface area contributed by atoms with Crippen molar-refractivity contribution in [3.63, 3.8) is 0 Å². The summed E-state index contributed by atoms with van der Waals surface area (Å²) in [6.45, 7) is 4.24. The van der Waals surface area contributed by atoms with E-state index in [0.717, 1.165) is 22.4 Å². The van der Waals surface area contributed by atoms with Crippen molar-refractivity contribution in [2.24, 2.45) is 0 Å². The number of carbonyl (C=O) groups excluding carboxylic acids is 1. The normalized spacial score (nSPS) is 11.8. The molecule has 0 saturated carbocycles. The standard InChI is InChI=1S/C18H21NO3/c1-4-22-18(20)11-13(2)17-12-19-10-9-16(17)14-5-7-15(21-3)8-6-14/h5-10,12-13H,4,11H2,1-3H3. The molecule has 0 fully saturated rings. The van der Waals surface area contributed by atoms with Crippen molar-refractivity contribution in [1.82, 2.24) is 4.98 Å². The Labute approximate surface area is 131 Å². The van der Waals surface area contributed by atoms with E-state index in [2.05, 4.69) is 4.98 Å². The van der Waals surface area contributed by atoms with E-state index in [1.54, 1.807) is 13.3 Å². The highest BCUT2D eigenvalue weighted by molar-refractivity contribution is 5.73. The van der Waals surface area contributed by atoms with E-state index in [1.807, 2.05) is 50.4 Å². The van der Waals surface area contributed by atoms with E-state index in [-0.39, 0.29) is 11.9 Å². The maximum atomic E-state index is 11.7. The number of methoxy groups -OCH3 is 1. The van der Waals surface area contributed by atoms with Crippen LogP contribution in [0, 0.1) is 0 Å². The van der Waals surface area contributed by atoms with Gasteiger partial charge in [0.25, 0.3) is 0 Å². The SMILES string of the molecule is CCOC(=O)CC(C)c1cnccc1-c1ccc(OC)cc1. The number of pyridine rings is 1. The molecule has 0 amide bonds. The molecule has 22 heavy (non-hydrogen) atoms. The number of aromatic nitrogens is 1. The average molecular weight is 299 g/mol. The van der Waals surface area contributed by atoms with Crippen LogP contribution in [0.25, 0.3) is 11.1 Å². The van der Waals surface area contributed by atoms with Gasteiger partial charge in [0.05, 0.1) is 20.1 Å². The third-order valence-electron chi connectivity index (χ3n) is 3.56. The summed E-state index contributed by atoms with van der Waals surface area (Å²) in [5, 5.41) is 0. The molecule has 0 aliphatic carbocycles. The van der Waals surface area contributed by atoms with Crippen molar-refractivity contribution in [3.8, 4) is 16.9 Å². The number of hydrogen-bond acceptors (Lipinski definition) is 4. The summed E-state index contributed by atoms with van der Waals surface area (Å²) in [5.74, 6) is 0.684. The number of ether oxygens (including phenoxy) is 2. The van der Waals surface area contributed by atoms with Crippen molar-refractivity contribution in [2.75, 3.05) is 13.7 Å². The molecule has 0 spiro atoms. The van der Waals surface area contributed by atoms with Crippen LogP contribution in [0.4, 0.5) is 0 Å². The summed E-state index contributed by atoms with van der Waals surface area (Å²) in [4.78, 5) is 15.9. The Morgan fingerprint density at radius 3 is 2.59 bits per heavy atom. The van der Waals surface area contributed by atoms with E-state index in [0.29, 0.717) is 13.0 Å². The van der Waals surface area contributed by atoms with Gasteiger partial charge in [0, 0.05) is 12.4 Å². The fraction of sp³-hybridized carbons (Fsp3) is 0.333. The summed E-state index contributed by atoms with van der Waals surface area (Å²) in [7, 11) is 1.65. The summed E-state index contributed by atoms with van der Waals surface area (Å²) < 4.78 is 10.2. The van der Waals surface area contributed by atoms with Crippen molar-refractivity contribution >= 4 is 5.97 Å². The van der Waals surface area contributed by atoms with Gasteiger partial charge in [-0.15, -0.1) is 0 Å². The Bertz CT molecular complexity index is 622. The molecule has 0 aliphatic rings. The van der Waals surface area contributed by atoms with Crippen molar-refractivity contribution < 1.29 is 14.3 Å². The maximum absolute atomic E-state index is 11.7. The summed E-state index contributed by atoms with van der Waals surface area (Å²) in [5.41, 5.74) is 3.20. The fourth-order valence-corrected chi connectivity index (χ4v) is 2.41. The molecule has 0 bridgehead atoms. The van der Waals surface area contributed by atoms with Crippen LogP contribution in [0.2, 0.25) is 0 Å². The lowest BCUT2D eigenvalue weighted by Crippen LogP contribution is -2.09. The Morgan fingerprint density at radius 2 is 1.95 bits per heavy atom. The first-order valence-electron chi connectivity index (χ1n) is 7.39. The first kappa shape index (κ1) is 16.0. The highest BCUT2D eigenvalue weighted by Crippen LogP contribution is 2.31. The predicted octanol–water partition coefficient (Wildman–Crippen LogP) is 3.81. The molecule has 116 valence electrons. The number of nitrogens with zero attached hydrogens (tertiary/aromatic N) is 1. The lowest BCUT2D eigenvalue weighted by Gasteiger charge is -2.15. The van der Waals surface area contributed by atoms with Crippen LogP contribution in [0.15, 0.2) is 42.7 Å². The molecule has 0 saturated heterocycles. The van der Waals surface area contributed by atoms with E-state index < -0.39 is 0 Å². The van der Waals surface area contributed by atoms with Crippen LogP contribution in [-0.4, -0.2) is 24.7 Å². The monoisotopic (exact) mass is 299 g/mol.